The maximum absolute atomic E-state index is 12.1. The van der Waals surface area contributed by atoms with Gasteiger partial charge in [-0.2, -0.15) is 0 Å². The molecule has 1 amide bonds. The van der Waals surface area contributed by atoms with Gasteiger partial charge in [0.2, 0.25) is 5.91 Å². The molecule has 1 unspecified atom stereocenters. The third-order valence-electron chi connectivity index (χ3n) is 4.45. The number of piperidine rings is 1. The topological polar surface area (TPSA) is 59.0 Å². The first-order valence-electron chi connectivity index (χ1n) is 6.66. The number of imidazole rings is 1. The molecule has 1 atom stereocenters. The molecule has 2 aliphatic rings. The number of carbonyl (C=O) groups excluding carboxylic acids is 1. The summed E-state index contributed by atoms with van der Waals surface area (Å²) in [6, 6.07) is 0. The van der Waals surface area contributed by atoms with Crippen LogP contribution in [-0.4, -0.2) is 28.5 Å². The molecule has 3 rings (SSSR count). The SMILES string of the molecule is Cn1ccnc1CNC(=O)C1CC12CCNCC2. The fourth-order valence-electron chi connectivity index (χ4n) is 3.05. The fourth-order valence-corrected chi connectivity index (χ4v) is 3.05. The zero-order valence-corrected chi connectivity index (χ0v) is 10.8. The number of carbonyl (C=O) groups is 1. The molecule has 5 nitrogen and oxygen atoms in total. The Morgan fingerprint density at radius 2 is 2.39 bits per heavy atom. The maximum atomic E-state index is 12.1. The summed E-state index contributed by atoms with van der Waals surface area (Å²) in [6.07, 6.45) is 7.02. The van der Waals surface area contributed by atoms with Crippen LogP contribution in [0.1, 0.15) is 25.1 Å². The lowest BCUT2D eigenvalue weighted by molar-refractivity contribution is -0.123. The predicted octanol–water partition coefficient (Wildman–Crippen LogP) is 0.426. The number of rotatable bonds is 3. The summed E-state index contributed by atoms with van der Waals surface area (Å²) in [7, 11) is 1.94. The molecule has 0 aromatic carbocycles. The van der Waals surface area contributed by atoms with Crippen molar-refractivity contribution in [2.75, 3.05) is 13.1 Å². The van der Waals surface area contributed by atoms with Crippen molar-refractivity contribution in [3.63, 3.8) is 0 Å². The highest BCUT2D eigenvalue weighted by Crippen LogP contribution is 2.58. The summed E-state index contributed by atoms with van der Waals surface area (Å²) in [6.45, 7) is 2.65. The highest BCUT2D eigenvalue weighted by molar-refractivity contribution is 5.82. The second-order valence-corrected chi connectivity index (χ2v) is 5.54. The van der Waals surface area contributed by atoms with Gasteiger partial charge in [-0.05, 0) is 37.8 Å². The van der Waals surface area contributed by atoms with Crippen molar-refractivity contribution in [2.24, 2.45) is 18.4 Å². The van der Waals surface area contributed by atoms with E-state index in [-0.39, 0.29) is 11.8 Å². The number of nitrogens with one attached hydrogen (secondary N) is 2. The number of hydrogen-bond acceptors (Lipinski definition) is 3. The number of aromatic nitrogens is 2. The fraction of sp³-hybridized carbons (Fsp3) is 0.692. The van der Waals surface area contributed by atoms with Gasteiger partial charge in [-0.1, -0.05) is 0 Å². The van der Waals surface area contributed by atoms with Gasteiger partial charge in [-0.25, -0.2) is 4.98 Å². The van der Waals surface area contributed by atoms with Crippen LogP contribution in [0.15, 0.2) is 12.4 Å². The van der Waals surface area contributed by atoms with Crippen LogP contribution in [0.4, 0.5) is 0 Å². The van der Waals surface area contributed by atoms with Crippen LogP contribution in [-0.2, 0) is 18.4 Å². The normalized spacial score (nSPS) is 25.1. The Bertz CT molecular complexity index is 448. The van der Waals surface area contributed by atoms with Crippen LogP contribution in [0.25, 0.3) is 0 Å². The van der Waals surface area contributed by atoms with Gasteiger partial charge in [-0.3, -0.25) is 4.79 Å². The Labute approximate surface area is 107 Å². The van der Waals surface area contributed by atoms with Crippen molar-refractivity contribution in [3.05, 3.63) is 18.2 Å². The predicted molar refractivity (Wildman–Crippen MR) is 67.7 cm³/mol. The molecule has 1 aliphatic heterocycles. The molecule has 1 spiro atoms. The average Bonchev–Trinajstić information content (AvgIpc) is 2.90. The molecular formula is C13H20N4O. The highest BCUT2D eigenvalue weighted by atomic mass is 16.2. The Morgan fingerprint density at radius 3 is 3.06 bits per heavy atom. The first-order chi connectivity index (χ1) is 8.71. The highest BCUT2D eigenvalue weighted by Gasteiger charge is 2.57. The summed E-state index contributed by atoms with van der Waals surface area (Å²) in [5, 5.41) is 6.37. The van der Waals surface area contributed by atoms with E-state index < -0.39 is 0 Å². The third-order valence-corrected chi connectivity index (χ3v) is 4.45. The van der Waals surface area contributed by atoms with Crippen molar-refractivity contribution >= 4 is 5.91 Å². The molecule has 2 fully saturated rings. The summed E-state index contributed by atoms with van der Waals surface area (Å²) in [5.41, 5.74) is 0.316. The lowest BCUT2D eigenvalue weighted by Gasteiger charge is -2.23. The van der Waals surface area contributed by atoms with Gasteiger partial charge in [0.15, 0.2) is 0 Å². The molecule has 5 heteroatoms. The summed E-state index contributed by atoms with van der Waals surface area (Å²) < 4.78 is 1.94. The first kappa shape index (κ1) is 11.7. The molecule has 0 radical (unpaired) electrons. The van der Waals surface area contributed by atoms with Crippen molar-refractivity contribution in [2.45, 2.75) is 25.8 Å². The van der Waals surface area contributed by atoms with Crippen LogP contribution >= 0.6 is 0 Å². The van der Waals surface area contributed by atoms with Gasteiger partial charge < -0.3 is 15.2 Å². The van der Waals surface area contributed by atoms with Gasteiger partial charge in [-0.15, -0.1) is 0 Å². The standard InChI is InChI=1S/C13H20N4O/c1-17-7-6-15-11(17)9-16-12(18)10-8-13(10)2-4-14-5-3-13/h6-7,10,14H,2-5,8-9H2,1H3,(H,16,18). The summed E-state index contributed by atoms with van der Waals surface area (Å²) in [5.74, 6) is 1.35. The molecule has 1 saturated carbocycles. The smallest absolute Gasteiger partial charge is 0.224 e. The molecule has 0 bridgehead atoms. The van der Waals surface area contributed by atoms with E-state index >= 15 is 0 Å². The number of aryl methyl sites for hydroxylation is 1. The molecule has 1 aromatic heterocycles. The van der Waals surface area contributed by atoms with Crippen molar-refractivity contribution in [1.82, 2.24) is 20.2 Å². The lowest BCUT2D eigenvalue weighted by atomic mass is 9.92. The number of hydrogen-bond donors (Lipinski definition) is 2. The Balaban J connectivity index is 1.53. The molecule has 1 aromatic rings. The van der Waals surface area contributed by atoms with Gasteiger partial charge in [0.1, 0.15) is 5.82 Å². The van der Waals surface area contributed by atoms with Crippen molar-refractivity contribution in [1.29, 1.82) is 0 Å². The average molecular weight is 248 g/mol. The molecular weight excluding hydrogens is 228 g/mol. The Kier molecular flexibility index (Phi) is 2.86. The van der Waals surface area contributed by atoms with E-state index in [2.05, 4.69) is 15.6 Å². The number of nitrogens with zero attached hydrogens (tertiary/aromatic N) is 2. The van der Waals surface area contributed by atoms with Gasteiger partial charge >= 0.3 is 0 Å². The Hall–Kier alpha value is -1.36. The molecule has 1 aliphatic carbocycles. The lowest BCUT2D eigenvalue weighted by Crippen LogP contribution is -2.33. The zero-order valence-electron chi connectivity index (χ0n) is 10.8. The van der Waals surface area contributed by atoms with Crippen molar-refractivity contribution < 1.29 is 4.79 Å². The zero-order chi connectivity index (χ0) is 12.6. The van der Waals surface area contributed by atoms with Gasteiger partial charge in [0, 0.05) is 25.4 Å². The summed E-state index contributed by atoms with van der Waals surface area (Å²) >= 11 is 0. The quantitative estimate of drug-likeness (QED) is 0.815. The number of amides is 1. The molecule has 2 N–H and O–H groups in total. The monoisotopic (exact) mass is 248 g/mol. The molecule has 98 valence electrons. The first-order valence-corrected chi connectivity index (χ1v) is 6.66. The van der Waals surface area contributed by atoms with Gasteiger partial charge in [0.05, 0.1) is 6.54 Å². The maximum Gasteiger partial charge on any atom is 0.224 e. The Morgan fingerprint density at radius 1 is 1.61 bits per heavy atom. The second-order valence-electron chi connectivity index (χ2n) is 5.54. The minimum atomic E-state index is 0.208. The van der Waals surface area contributed by atoms with Crippen LogP contribution in [0.3, 0.4) is 0 Å². The summed E-state index contributed by atoms with van der Waals surface area (Å²) in [4.78, 5) is 16.3. The van der Waals surface area contributed by atoms with Crippen LogP contribution < -0.4 is 10.6 Å². The van der Waals surface area contributed by atoms with Gasteiger partial charge in [0.25, 0.3) is 0 Å². The molecule has 1 saturated heterocycles. The molecule has 2 heterocycles. The van der Waals surface area contributed by atoms with Crippen LogP contribution in [0.2, 0.25) is 0 Å². The van der Waals surface area contributed by atoms with E-state index in [1.165, 1.54) is 0 Å². The van der Waals surface area contributed by atoms with Crippen molar-refractivity contribution in [3.8, 4) is 0 Å². The van der Waals surface area contributed by atoms with E-state index in [1.807, 2.05) is 17.8 Å². The largest absolute Gasteiger partial charge is 0.349 e. The minimum absolute atomic E-state index is 0.208. The van der Waals surface area contributed by atoms with E-state index in [4.69, 9.17) is 0 Å². The van der Waals surface area contributed by atoms with Crippen LogP contribution in [0, 0.1) is 11.3 Å². The van der Waals surface area contributed by atoms with E-state index in [9.17, 15) is 4.79 Å². The van der Waals surface area contributed by atoms with Crippen LogP contribution in [0.5, 0.6) is 0 Å². The van der Waals surface area contributed by atoms with E-state index in [0.717, 1.165) is 38.2 Å². The second kappa shape index (κ2) is 4.39. The minimum Gasteiger partial charge on any atom is -0.349 e. The third kappa shape index (κ3) is 2.03. The molecule has 18 heavy (non-hydrogen) atoms. The van der Waals surface area contributed by atoms with E-state index in [0.29, 0.717) is 12.0 Å². The van der Waals surface area contributed by atoms with E-state index in [1.54, 1.807) is 6.20 Å².